The van der Waals surface area contributed by atoms with Crippen LogP contribution >= 0.6 is 0 Å². The first-order valence-corrected chi connectivity index (χ1v) is 5.37. The maximum absolute atomic E-state index is 5.36. The summed E-state index contributed by atoms with van der Waals surface area (Å²) in [4.78, 5) is 4.41. The molecule has 3 nitrogen and oxygen atoms in total. The second-order valence-corrected chi connectivity index (χ2v) is 4.05. The Hall–Kier alpha value is -1.77. The average molecular weight is 216 g/mol. The number of nitrogens with one attached hydrogen (secondary N) is 1. The Balaban J connectivity index is 2.07. The van der Waals surface area contributed by atoms with Crippen LogP contribution in [0.1, 0.15) is 22.6 Å². The Kier molecular flexibility index (Phi) is 2.95. The molecule has 1 N–H and O–H groups in total. The minimum atomic E-state index is 0.675. The molecule has 0 spiro atoms. The summed E-state index contributed by atoms with van der Waals surface area (Å²) in [5.74, 6) is 1.86. The molecule has 0 fully saturated rings. The topological polar surface area (TPSA) is 38.1 Å². The minimum absolute atomic E-state index is 0.675. The van der Waals surface area contributed by atoms with Crippen molar-refractivity contribution in [2.45, 2.75) is 27.3 Å². The molecule has 0 saturated heterocycles. The zero-order valence-electron chi connectivity index (χ0n) is 9.87. The summed E-state index contributed by atoms with van der Waals surface area (Å²) in [6, 6.07) is 6.06. The molecule has 0 radical (unpaired) electrons. The van der Waals surface area contributed by atoms with Gasteiger partial charge in [0.25, 0.3) is 0 Å². The summed E-state index contributed by atoms with van der Waals surface area (Å²) in [6.07, 6.45) is 1.71. The normalized spacial score (nSPS) is 10.4. The molecule has 0 aliphatic rings. The van der Waals surface area contributed by atoms with Gasteiger partial charge < -0.3 is 9.73 Å². The van der Waals surface area contributed by atoms with Crippen LogP contribution in [0, 0.1) is 20.8 Å². The number of nitrogens with zero attached hydrogens (tertiary/aromatic N) is 1. The van der Waals surface area contributed by atoms with Crippen LogP contribution < -0.4 is 5.32 Å². The van der Waals surface area contributed by atoms with Crippen molar-refractivity contribution < 1.29 is 4.42 Å². The molecule has 0 aromatic carbocycles. The van der Waals surface area contributed by atoms with Crippen molar-refractivity contribution in [2.75, 3.05) is 5.32 Å². The quantitative estimate of drug-likeness (QED) is 0.856. The molecule has 16 heavy (non-hydrogen) atoms. The molecule has 3 heteroatoms. The van der Waals surface area contributed by atoms with Gasteiger partial charge in [-0.1, -0.05) is 0 Å². The van der Waals surface area contributed by atoms with Crippen molar-refractivity contribution in [1.29, 1.82) is 0 Å². The number of aryl methyl sites for hydroxylation is 3. The maximum atomic E-state index is 5.36. The fourth-order valence-corrected chi connectivity index (χ4v) is 1.69. The summed E-state index contributed by atoms with van der Waals surface area (Å²) in [5, 5.41) is 3.26. The van der Waals surface area contributed by atoms with E-state index < -0.39 is 0 Å². The van der Waals surface area contributed by atoms with Gasteiger partial charge in [0.1, 0.15) is 11.6 Å². The Morgan fingerprint density at radius 1 is 1.25 bits per heavy atom. The number of hydrogen-bond acceptors (Lipinski definition) is 3. The summed E-state index contributed by atoms with van der Waals surface area (Å²) >= 11 is 0. The summed E-state index contributed by atoms with van der Waals surface area (Å²) in [5.41, 5.74) is 3.40. The molecular formula is C13H16N2O. The van der Waals surface area contributed by atoms with Crippen molar-refractivity contribution >= 4 is 5.82 Å². The lowest BCUT2D eigenvalue weighted by molar-refractivity contribution is 0.515. The highest BCUT2D eigenvalue weighted by Gasteiger charge is 2.02. The predicted molar refractivity (Wildman–Crippen MR) is 64.5 cm³/mol. The van der Waals surface area contributed by atoms with Crippen LogP contribution in [0.25, 0.3) is 0 Å². The van der Waals surface area contributed by atoms with E-state index in [0.29, 0.717) is 6.54 Å². The lowest BCUT2D eigenvalue weighted by Gasteiger charge is -2.06. The Morgan fingerprint density at radius 3 is 2.69 bits per heavy atom. The minimum Gasteiger partial charge on any atom is -0.467 e. The van der Waals surface area contributed by atoms with E-state index in [2.05, 4.69) is 23.3 Å². The molecule has 0 saturated carbocycles. The van der Waals surface area contributed by atoms with E-state index in [1.807, 2.05) is 26.0 Å². The highest BCUT2D eigenvalue weighted by Crippen LogP contribution is 2.13. The molecule has 2 rings (SSSR count). The molecule has 0 aliphatic heterocycles. The smallest absolute Gasteiger partial charge is 0.126 e. The monoisotopic (exact) mass is 216 g/mol. The van der Waals surface area contributed by atoms with Crippen molar-refractivity contribution in [1.82, 2.24) is 4.98 Å². The standard InChI is InChI=1S/C13H16N2O/c1-9-6-11(3)15-13(7-9)14-8-12-10(2)4-5-16-12/h4-7H,8H2,1-3H3,(H,14,15). The third-order valence-electron chi connectivity index (χ3n) is 2.50. The van der Waals surface area contributed by atoms with Crippen LogP contribution in [0.2, 0.25) is 0 Å². The average Bonchev–Trinajstić information content (AvgIpc) is 2.59. The van der Waals surface area contributed by atoms with E-state index in [1.165, 1.54) is 5.56 Å². The Labute approximate surface area is 95.5 Å². The largest absolute Gasteiger partial charge is 0.467 e. The molecule has 2 aromatic rings. The van der Waals surface area contributed by atoms with Crippen LogP contribution in [0.5, 0.6) is 0 Å². The molecule has 0 amide bonds. The van der Waals surface area contributed by atoms with E-state index in [-0.39, 0.29) is 0 Å². The molecule has 0 bridgehead atoms. The summed E-state index contributed by atoms with van der Waals surface area (Å²) in [6.45, 7) is 6.78. The SMILES string of the molecule is Cc1cc(C)nc(NCc2occc2C)c1. The first-order valence-electron chi connectivity index (χ1n) is 5.37. The van der Waals surface area contributed by atoms with Gasteiger partial charge in [0.15, 0.2) is 0 Å². The predicted octanol–water partition coefficient (Wildman–Crippen LogP) is 3.21. The van der Waals surface area contributed by atoms with Crippen molar-refractivity contribution in [3.8, 4) is 0 Å². The number of aromatic nitrogens is 1. The maximum Gasteiger partial charge on any atom is 0.126 e. The molecule has 84 valence electrons. The number of furan rings is 1. The van der Waals surface area contributed by atoms with Crippen LogP contribution in [0.3, 0.4) is 0 Å². The third-order valence-corrected chi connectivity index (χ3v) is 2.50. The van der Waals surface area contributed by atoms with Gasteiger partial charge in [-0.15, -0.1) is 0 Å². The fourth-order valence-electron chi connectivity index (χ4n) is 1.69. The van der Waals surface area contributed by atoms with Crippen LogP contribution in [0.15, 0.2) is 28.9 Å². The second kappa shape index (κ2) is 4.39. The second-order valence-electron chi connectivity index (χ2n) is 4.05. The van der Waals surface area contributed by atoms with Gasteiger partial charge in [0.05, 0.1) is 12.8 Å². The number of anilines is 1. The van der Waals surface area contributed by atoms with Gasteiger partial charge in [-0.05, 0) is 50.1 Å². The molecule has 2 aromatic heterocycles. The third kappa shape index (κ3) is 2.42. The van der Waals surface area contributed by atoms with Crippen molar-refractivity contribution in [2.24, 2.45) is 0 Å². The molecule has 0 aliphatic carbocycles. The first-order chi connectivity index (χ1) is 7.65. The van der Waals surface area contributed by atoms with Gasteiger partial charge in [-0.3, -0.25) is 0 Å². The van der Waals surface area contributed by atoms with Gasteiger partial charge in [0.2, 0.25) is 0 Å². The van der Waals surface area contributed by atoms with Gasteiger partial charge in [0, 0.05) is 5.69 Å². The zero-order chi connectivity index (χ0) is 11.5. The molecule has 0 atom stereocenters. The zero-order valence-corrected chi connectivity index (χ0v) is 9.87. The van der Waals surface area contributed by atoms with Gasteiger partial charge >= 0.3 is 0 Å². The fraction of sp³-hybridized carbons (Fsp3) is 0.308. The highest BCUT2D eigenvalue weighted by molar-refractivity contribution is 5.39. The number of pyridine rings is 1. The van der Waals surface area contributed by atoms with E-state index in [0.717, 1.165) is 22.8 Å². The van der Waals surface area contributed by atoms with Crippen LogP contribution in [-0.4, -0.2) is 4.98 Å². The number of rotatable bonds is 3. The van der Waals surface area contributed by atoms with E-state index in [9.17, 15) is 0 Å². The summed E-state index contributed by atoms with van der Waals surface area (Å²) in [7, 11) is 0. The van der Waals surface area contributed by atoms with Crippen LogP contribution in [-0.2, 0) is 6.54 Å². The Bertz CT molecular complexity index is 468. The lowest BCUT2D eigenvalue weighted by atomic mass is 10.2. The highest BCUT2D eigenvalue weighted by atomic mass is 16.3. The Morgan fingerprint density at radius 2 is 2.06 bits per heavy atom. The lowest BCUT2D eigenvalue weighted by Crippen LogP contribution is -2.02. The molecule has 0 unspecified atom stereocenters. The molecule has 2 heterocycles. The van der Waals surface area contributed by atoms with E-state index >= 15 is 0 Å². The first kappa shape index (κ1) is 10.7. The van der Waals surface area contributed by atoms with Gasteiger partial charge in [-0.25, -0.2) is 4.98 Å². The van der Waals surface area contributed by atoms with Gasteiger partial charge in [-0.2, -0.15) is 0 Å². The van der Waals surface area contributed by atoms with Crippen molar-refractivity contribution in [3.63, 3.8) is 0 Å². The number of hydrogen-bond donors (Lipinski definition) is 1. The van der Waals surface area contributed by atoms with E-state index in [1.54, 1.807) is 6.26 Å². The summed E-state index contributed by atoms with van der Waals surface area (Å²) < 4.78 is 5.36. The van der Waals surface area contributed by atoms with Crippen molar-refractivity contribution in [3.05, 3.63) is 47.0 Å². The van der Waals surface area contributed by atoms with Crippen LogP contribution in [0.4, 0.5) is 5.82 Å². The van der Waals surface area contributed by atoms with E-state index in [4.69, 9.17) is 4.42 Å². The molecular weight excluding hydrogens is 200 g/mol.